The molecule has 0 aliphatic carbocycles. The molecule has 0 aromatic carbocycles. The molecule has 0 spiro atoms. The Balaban J connectivity index is 1.56. The SMILES string of the molecule is C[N+]1(CCl)[C@@H]2C=C[C@H]1CC(OC(=O)C(O)(c1cccs1)c1cccs1)C2. The number of likely N-dealkylation sites (N-methyl/N-ethyl adjacent to an activating group) is 1. The zero-order chi connectivity index (χ0) is 18.4. The van der Waals surface area contributed by atoms with Crippen LogP contribution in [0.25, 0.3) is 0 Å². The first-order chi connectivity index (χ1) is 12.5. The Hall–Kier alpha value is -1.18. The predicted molar refractivity (Wildman–Crippen MR) is 104 cm³/mol. The molecule has 2 aromatic heterocycles. The van der Waals surface area contributed by atoms with E-state index in [1.807, 2.05) is 22.9 Å². The summed E-state index contributed by atoms with van der Waals surface area (Å²) < 4.78 is 6.61. The van der Waals surface area contributed by atoms with E-state index in [9.17, 15) is 9.90 Å². The maximum Gasteiger partial charge on any atom is 0.349 e. The molecule has 2 aliphatic heterocycles. The van der Waals surface area contributed by atoms with Crippen molar-refractivity contribution in [1.29, 1.82) is 0 Å². The normalized spacial score (nSPS) is 30.5. The first kappa shape index (κ1) is 18.2. The highest BCUT2D eigenvalue weighted by Crippen LogP contribution is 2.41. The lowest BCUT2D eigenvalue weighted by molar-refractivity contribution is -0.934. The van der Waals surface area contributed by atoms with Crippen LogP contribution >= 0.6 is 34.3 Å². The number of hydrogen-bond donors (Lipinski definition) is 1. The molecule has 138 valence electrons. The third kappa shape index (κ3) is 2.75. The zero-order valence-corrected chi connectivity index (χ0v) is 16.8. The number of ether oxygens (including phenoxy) is 1. The van der Waals surface area contributed by atoms with Gasteiger partial charge >= 0.3 is 5.97 Å². The highest BCUT2D eigenvalue weighted by molar-refractivity contribution is 7.12. The minimum atomic E-state index is -1.74. The van der Waals surface area contributed by atoms with Crippen LogP contribution in [0.2, 0.25) is 0 Å². The number of piperidine rings is 1. The summed E-state index contributed by atoms with van der Waals surface area (Å²) >= 11 is 8.92. The number of carbonyl (C=O) groups excluding carboxylic acids is 1. The van der Waals surface area contributed by atoms with Gasteiger partial charge in [-0.2, -0.15) is 0 Å². The zero-order valence-electron chi connectivity index (χ0n) is 14.4. The molecule has 4 rings (SSSR count). The number of rotatable bonds is 5. The molecule has 4 nitrogen and oxygen atoms in total. The summed E-state index contributed by atoms with van der Waals surface area (Å²) in [7, 11) is 2.15. The van der Waals surface area contributed by atoms with E-state index in [0.29, 0.717) is 15.8 Å². The van der Waals surface area contributed by atoms with Crippen LogP contribution in [-0.2, 0) is 15.1 Å². The van der Waals surface area contributed by atoms with Crippen molar-refractivity contribution in [2.45, 2.75) is 36.6 Å². The van der Waals surface area contributed by atoms with Gasteiger partial charge in [0.1, 0.15) is 18.2 Å². The van der Waals surface area contributed by atoms with Gasteiger partial charge < -0.3 is 14.3 Å². The fraction of sp³-hybridized carbons (Fsp3) is 0.421. The number of fused-ring (bicyclic) bond motifs is 2. The molecule has 7 heteroatoms. The number of esters is 1. The van der Waals surface area contributed by atoms with Gasteiger partial charge in [0.2, 0.25) is 5.60 Å². The number of halogens is 1. The van der Waals surface area contributed by atoms with Crippen molar-refractivity contribution in [1.82, 2.24) is 0 Å². The first-order valence-corrected chi connectivity index (χ1v) is 10.9. The highest BCUT2D eigenvalue weighted by atomic mass is 35.5. The van der Waals surface area contributed by atoms with Crippen LogP contribution in [0.3, 0.4) is 0 Å². The minimum absolute atomic E-state index is 0.214. The summed E-state index contributed by atoms with van der Waals surface area (Å²) in [5, 5.41) is 15.0. The molecule has 4 heterocycles. The Morgan fingerprint density at radius 1 is 1.23 bits per heavy atom. The lowest BCUT2D eigenvalue weighted by Crippen LogP contribution is -2.59. The Morgan fingerprint density at radius 2 is 1.77 bits per heavy atom. The van der Waals surface area contributed by atoms with Crippen molar-refractivity contribution in [3.05, 3.63) is 56.9 Å². The van der Waals surface area contributed by atoms with Gasteiger partial charge in [0, 0.05) is 12.8 Å². The third-order valence-electron chi connectivity index (χ3n) is 5.66. The summed E-state index contributed by atoms with van der Waals surface area (Å²) in [5.41, 5.74) is -1.74. The molecule has 2 bridgehead atoms. The third-order valence-corrected chi connectivity index (χ3v) is 8.13. The number of hydrogen-bond acceptors (Lipinski definition) is 5. The monoisotopic (exact) mass is 410 g/mol. The molecule has 1 saturated heterocycles. The van der Waals surface area contributed by atoms with Crippen LogP contribution in [0.5, 0.6) is 0 Å². The smallest absolute Gasteiger partial charge is 0.349 e. The largest absolute Gasteiger partial charge is 0.459 e. The van der Waals surface area contributed by atoms with Crippen molar-refractivity contribution in [2.24, 2.45) is 0 Å². The van der Waals surface area contributed by atoms with Crippen LogP contribution in [0, 0.1) is 0 Å². The number of aliphatic hydroxyl groups is 1. The molecular formula is C19H21ClNO3S2+. The summed E-state index contributed by atoms with van der Waals surface area (Å²) in [6.07, 6.45) is 5.62. The van der Waals surface area contributed by atoms with Crippen LogP contribution in [-0.4, -0.2) is 46.8 Å². The van der Waals surface area contributed by atoms with E-state index in [0.717, 1.165) is 17.3 Å². The van der Waals surface area contributed by atoms with Crippen molar-refractivity contribution in [3.8, 4) is 0 Å². The maximum absolute atomic E-state index is 13.1. The summed E-state index contributed by atoms with van der Waals surface area (Å²) in [6.45, 7) is 0. The molecule has 1 N–H and O–H groups in total. The lowest BCUT2D eigenvalue weighted by atomic mass is 9.95. The molecule has 2 unspecified atom stereocenters. The summed E-state index contributed by atoms with van der Waals surface area (Å²) in [4.78, 5) is 14.3. The van der Waals surface area contributed by atoms with E-state index in [2.05, 4.69) is 19.2 Å². The van der Waals surface area contributed by atoms with Crippen LogP contribution < -0.4 is 0 Å². The van der Waals surface area contributed by atoms with Crippen molar-refractivity contribution < 1.29 is 19.1 Å². The molecule has 0 radical (unpaired) electrons. The van der Waals surface area contributed by atoms with Gasteiger partial charge in [-0.3, -0.25) is 0 Å². The quantitative estimate of drug-likeness (QED) is 0.269. The summed E-state index contributed by atoms with van der Waals surface area (Å²) in [5.74, 6) is -0.589. The van der Waals surface area contributed by atoms with Gasteiger partial charge in [-0.1, -0.05) is 23.7 Å². The molecule has 2 aromatic rings. The molecule has 4 atom stereocenters. The molecule has 0 amide bonds. The van der Waals surface area contributed by atoms with Gasteiger partial charge in [-0.25, -0.2) is 4.79 Å². The second kappa shape index (κ2) is 6.77. The second-order valence-corrected chi connectivity index (χ2v) is 9.28. The second-order valence-electron chi connectivity index (χ2n) is 7.15. The van der Waals surface area contributed by atoms with E-state index in [4.69, 9.17) is 16.3 Å². The summed E-state index contributed by atoms with van der Waals surface area (Å²) in [6, 6.07) is 8.26. The van der Waals surface area contributed by atoms with Crippen LogP contribution in [0.4, 0.5) is 0 Å². The molecule has 0 saturated carbocycles. The Kier molecular flexibility index (Phi) is 4.73. The number of quaternary nitrogens is 1. The minimum Gasteiger partial charge on any atom is -0.459 e. The maximum atomic E-state index is 13.1. The van der Waals surface area contributed by atoms with Gasteiger partial charge in [-0.15, -0.1) is 22.7 Å². The Morgan fingerprint density at radius 3 is 2.19 bits per heavy atom. The molecule has 1 fully saturated rings. The molecule has 2 aliphatic rings. The van der Waals surface area contributed by atoms with E-state index < -0.39 is 11.6 Å². The number of thiophene rings is 2. The Bertz CT molecular complexity index is 753. The van der Waals surface area contributed by atoms with Gasteiger partial charge in [0.15, 0.2) is 6.00 Å². The Labute approximate surface area is 165 Å². The van der Waals surface area contributed by atoms with Gasteiger partial charge in [-0.05, 0) is 35.0 Å². The van der Waals surface area contributed by atoms with Crippen molar-refractivity contribution in [2.75, 3.05) is 13.1 Å². The van der Waals surface area contributed by atoms with E-state index >= 15 is 0 Å². The first-order valence-electron chi connectivity index (χ1n) is 8.59. The van der Waals surface area contributed by atoms with Crippen molar-refractivity contribution in [3.63, 3.8) is 0 Å². The fourth-order valence-electron chi connectivity index (χ4n) is 3.97. The number of carbonyl (C=O) groups is 1. The van der Waals surface area contributed by atoms with E-state index in [-0.39, 0.29) is 18.2 Å². The van der Waals surface area contributed by atoms with E-state index in [1.165, 1.54) is 22.7 Å². The average molecular weight is 411 g/mol. The average Bonchev–Trinajstić information content (AvgIpc) is 3.37. The van der Waals surface area contributed by atoms with Gasteiger partial charge in [0.25, 0.3) is 0 Å². The standard InChI is InChI=1S/C19H21ClNO3S2/c1-21(12-20)13-6-7-14(21)11-15(10-13)24-18(22)19(23,16-4-2-8-25-16)17-5-3-9-26-17/h2-9,13-15,23H,10-12H2,1H3/q+1/t13-,14+,15?,21?. The van der Waals surface area contributed by atoms with E-state index in [1.54, 1.807) is 12.1 Å². The fourth-order valence-corrected chi connectivity index (χ4v) is 6.04. The molecule has 26 heavy (non-hydrogen) atoms. The number of alkyl halides is 1. The molecular weight excluding hydrogens is 390 g/mol. The van der Waals surface area contributed by atoms with Gasteiger partial charge in [0.05, 0.1) is 16.8 Å². The van der Waals surface area contributed by atoms with Crippen molar-refractivity contribution >= 4 is 40.2 Å². The van der Waals surface area contributed by atoms with Crippen LogP contribution in [0.1, 0.15) is 22.6 Å². The highest BCUT2D eigenvalue weighted by Gasteiger charge is 2.51. The predicted octanol–water partition coefficient (Wildman–Crippen LogP) is 3.70. The lowest BCUT2D eigenvalue weighted by Gasteiger charge is -2.45. The number of nitrogens with zero attached hydrogens (tertiary/aromatic N) is 1. The topological polar surface area (TPSA) is 46.5 Å². The van der Waals surface area contributed by atoms with Crippen LogP contribution in [0.15, 0.2) is 47.2 Å².